The second-order valence-electron chi connectivity index (χ2n) is 10.3. The average Bonchev–Trinajstić information content (AvgIpc) is 3.31. The van der Waals surface area contributed by atoms with E-state index in [4.69, 9.17) is 9.72 Å². The fourth-order valence-electron chi connectivity index (χ4n) is 4.17. The van der Waals surface area contributed by atoms with E-state index in [1.54, 1.807) is 6.20 Å². The lowest BCUT2D eigenvalue weighted by Gasteiger charge is -2.54. The zero-order chi connectivity index (χ0) is 22.7. The van der Waals surface area contributed by atoms with Crippen LogP contribution in [0.25, 0.3) is 10.6 Å². The summed E-state index contributed by atoms with van der Waals surface area (Å²) in [4.78, 5) is 38.5. The predicted octanol–water partition coefficient (Wildman–Crippen LogP) is 2.74. The Morgan fingerprint density at radius 1 is 1.31 bits per heavy atom. The van der Waals surface area contributed by atoms with Crippen molar-refractivity contribution in [1.29, 1.82) is 0 Å². The molecule has 1 unspecified atom stereocenters. The zero-order valence-electron chi connectivity index (χ0n) is 18.9. The van der Waals surface area contributed by atoms with Gasteiger partial charge in [0.1, 0.15) is 11.7 Å². The number of amides is 2. The quantitative estimate of drug-likeness (QED) is 0.736. The van der Waals surface area contributed by atoms with Gasteiger partial charge >= 0.3 is 0 Å². The number of carbonyl (C=O) groups is 2. The van der Waals surface area contributed by atoms with Crippen molar-refractivity contribution in [3.63, 3.8) is 0 Å². The van der Waals surface area contributed by atoms with Gasteiger partial charge in [0, 0.05) is 25.7 Å². The Hall–Kier alpha value is -2.52. The Bertz CT molecular complexity index is 1060. The van der Waals surface area contributed by atoms with Crippen molar-refractivity contribution in [3.8, 4) is 10.6 Å². The number of likely N-dealkylation sites (tertiary alicyclic amines) is 1. The number of nitrogens with zero attached hydrogens (tertiary/aromatic N) is 3. The number of fused-ring (bicyclic) bond motifs is 1. The first kappa shape index (κ1) is 21.3. The highest BCUT2D eigenvalue weighted by atomic mass is 32.1. The summed E-state index contributed by atoms with van der Waals surface area (Å²) in [7, 11) is 0. The minimum atomic E-state index is -0.384. The van der Waals surface area contributed by atoms with E-state index in [0.717, 1.165) is 31.2 Å². The summed E-state index contributed by atoms with van der Waals surface area (Å²) in [5, 5.41) is 6.31. The molecular weight excluding hydrogens is 426 g/mol. The van der Waals surface area contributed by atoms with Crippen molar-refractivity contribution in [2.24, 2.45) is 10.8 Å². The molecule has 5 rings (SSSR count). The third-order valence-electron chi connectivity index (χ3n) is 6.80. The van der Waals surface area contributed by atoms with Crippen LogP contribution in [0.4, 0.5) is 5.82 Å². The van der Waals surface area contributed by atoms with E-state index in [1.807, 2.05) is 24.0 Å². The fourth-order valence-corrected chi connectivity index (χ4v) is 5.10. The van der Waals surface area contributed by atoms with Crippen LogP contribution in [0.2, 0.25) is 0 Å². The minimum Gasteiger partial charge on any atom is -0.380 e. The van der Waals surface area contributed by atoms with E-state index < -0.39 is 0 Å². The monoisotopic (exact) mass is 455 g/mol. The molecule has 0 aromatic carbocycles. The summed E-state index contributed by atoms with van der Waals surface area (Å²) in [5.41, 5.74) is 1.52. The van der Waals surface area contributed by atoms with Crippen LogP contribution in [0.15, 0.2) is 18.3 Å². The predicted molar refractivity (Wildman–Crippen MR) is 123 cm³/mol. The van der Waals surface area contributed by atoms with Gasteiger partial charge < -0.3 is 20.3 Å². The summed E-state index contributed by atoms with van der Waals surface area (Å²) >= 11 is 1.42. The maximum Gasteiger partial charge on any atom is 0.263 e. The molecule has 2 amide bonds. The first-order valence-corrected chi connectivity index (χ1v) is 11.9. The van der Waals surface area contributed by atoms with E-state index in [9.17, 15) is 9.59 Å². The third kappa shape index (κ3) is 3.67. The highest BCUT2D eigenvalue weighted by Gasteiger charge is 2.50. The summed E-state index contributed by atoms with van der Waals surface area (Å²) in [6, 6.07) is 3.80. The zero-order valence-corrected chi connectivity index (χ0v) is 19.7. The van der Waals surface area contributed by atoms with Crippen LogP contribution in [0.3, 0.4) is 0 Å². The molecular formula is C23H29N5O3S. The second kappa shape index (κ2) is 7.52. The van der Waals surface area contributed by atoms with Crippen LogP contribution in [0.1, 0.15) is 49.0 Å². The summed E-state index contributed by atoms with van der Waals surface area (Å²) in [6.07, 6.45) is 1.70. The Balaban J connectivity index is 1.31. The molecule has 2 fully saturated rings. The van der Waals surface area contributed by atoms with Crippen LogP contribution >= 0.6 is 11.3 Å². The lowest BCUT2D eigenvalue weighted by atomic mass is 9.78. The van der Waals surface area contributed by atoms with Gasteiger partial charge in [0.15, 0.2) is 0 Å². The molecule has 0 aliphatic carbocycles. The minimum absolute atomic E-state index is 0.0281. The van der Waals surface area contributed by atoms with Gasteiger partial charge in [-0.1, -0.05) is 20.8 Å². The molecule has 8 nitrogen and oxygen atoms in total. The molecule has 2 atom stereocenters. The highest BCUT2D eigenvalue weighted by Crippen LogP contribution is 2.39. The van der Waals surface area contributed by atoms with Crippen molar-refractivity contribution in [3.05, 3.63) is 28.9 Å². The normalized spacial score (nSPS) is 21.9. The van der Waals surface area contributed by atoms with E-state index in [-0.39, 0.29) is 34.6 Å². The average molecular weight is 456 g/mol. The maximum absolute atomic E-state index is 12.9. The second-order valence-corrected chi connectivity index (χ2v) is 11.4. The molecule has 2 saturated heterocycles. The van der Waals surface area contributed by atoms with Crippen LogP contribution in [-0.4, -0.2) is 65.6 Å². The summed E-state index contributed by atoms with van der Waals surface area (Å²) in [5.74, 6) is 0.283. The number of rotatable bonds is 4. The number of anilines is 1. The van der Waals surface area contributed by atoms with Gasteiger partial charge in [-0.05, 0) is 24.5 Å². The van der Waals surface area contributed by atoms with Crippen molar-refractivity contribution in [2.45, 2.75) is 39.7 Å². The van der Waals surface area contributed by atoms with Gasteiger partial charge in [-0.2, -0.15) is 0 Å². The van der Waals surface area contributed by atoms with Crippen molar-refractivity contribution in [1.82, 2.24) is 20.2 Å². The van der Waals surface area contributed by atoms with E-state index >= 15 is 0 Å². The molecule has 3 aliphatic rings. The number of hydrogen-bond acceptors (Lipinski definition) is 7. The van der Waals surface area contributed by atoms with E-state index in [1.165, 1.54) is 11.3 Å². The van der Waals surface area contributed by atoms with Crippen LogP contribution in [0.5, 0.6) is 0 Å². The SMILES string of the molecule is C[C@H](NC(=O)C1CNc2ncc(-c3ccc(C(=O)N4CC5(COC5)C4)s3)nc21)C(C)(C)C. The largest absolute Gasteiger partial charge is 0.380 e. The van der Waals surface area contributed by atoms with Gasteiger partial charge in [-0.25, -0.2) is 9.97 Å². The first-order valence-electron chi connectivity index (χ1n) is 11.0. The number of carbonyl (C=O) groups excluding carboxylic acids is 2. The number of hydrogen-bond donors (Lipinski definition) is 2. The molecule has 2 N–H and O–H groups in total. The molecule has 0 radical (unpaired) electrons. The molecule has 3 aliphatic heterocycles. The lowest BCUT2D eigenvalue weighted by molar-refractivity contribution is -0.176. The summed E-state index contributed by atoms with van der Waals surface area (Å²) < 4.78 is 5.29. The Kier molecular flexibility index (Phi) is 5.01. The van der Waals surface area contributed by atoms with Gasteiger partial charge in [0.05, 0.1) is 46.0 Å². The standard InChI is InChI=1S/C23H29N5O3S/c1-13(22(2,3)4)26-20(29)14-7-24-19-18(14)27-15(8-25-19)16-5-6-17(32-16)21(30)28-9-23(10-28)11-31-12-23/h5-6,8,13-14H,7,9-12H2,1-4H3,(H,24,25)(H,26,29)/t13-,14?/m0/s1. The number of aromatic nitrogens is 2. The Morgan fingerprint density at radius 2 is 2.06 bits per heavy atom. The van der Waals surface area contributed by atoms with Gasteiger partial charge in [-0.15, -0.1) is 11.3 Å². The van der Waals surface area contributed by atoms with Crippen molar-refractivity contribution in [2.75, 3.05) is 38.2 Å². The first-order chi connectivity index (χ1) is 15.2. The van der Waals surface area contributed by atoms with Crippen LogP contribution in [-0.2, 0) is 9.53 Å². The fraction of sp³-hybridized carbons (Fsp3) is 0.565. The maximum atomic E-state index is 12.9. The molecule has 1 spiro atoms. The Labute approximate surface area is 191 Å². The molecule has 32 heavy (non-hydrogen) atoms. The highest BCUT2D eigenvalue weighted by molar-refractivity contribution is 7.17. The smallest absolute Gasteiger partial charge is 0.263 e. The third-order valence-corrected chi connectivity index (χ3v) is 7.90. The van der Waals surface area contributed by atoms with Crippen LogP contribution in [0, 0.1) is 10.8 Å². The van der Waals surface area contributed by atoms with Gasteiger partial charge in [-0.3, -0.25) is 9.59 Å². The summed E-state index contributed by atoms with van der Waals surface area (Å²) in [6.45, 7) is 11.9. The van der Waals surface area contributed by atoms with Crippen LogP contribution < -0.4 is 10.6 Å². The number of ether oxygens (including phenoxy) is 1. The molecule has 2 aromatic heterocycles. The molecule has 170 valence electrons. The topological polar surface area (TPSA) is 96.5 Å². The van der Waals surface area contributed by atoms with Gasteiger partial charge in [0.2, 0.25) is 5.91 Å². The van der Waals surface area contributed by atoms with E-state index in [2.05, 4.69) is 36.4 Å². The molecule has 0 saturated carbocycles. The van der Waals surface area contributed by atoms with E-state index in [0.29, 0.717) is 28.6 Å². The molecule has 2 aromatic rings. The van der Waals surface area contributed by atoms with Crippen molar-refractivity contribution >= 4 is 29.0 Å². The molecule has 9 heteroatoms. The molecule has 5 heterocycles. The Morgan fingerprint density at radius 3 is 2.72 bits per heavy atom. The molecule has 0 bridgehead atoms. The lowest BCUT2D eigenvalue weighted by Crippen LogP contribution is -2.67. The van der Waals surface area contributed by atoms with Crippen molar-refractivity contribution < 1.29 is 14.3 Å². The number of nitrogens with one attached hydrogen (secondary N) is 2. The number of thiophene rings is 1. The van der Waals surface area contributed by atoms with Gasteiger partial charge in [0.25, 0.3) is 5.91 Å².